The summed E-state index contributed by atoms with van der Waals surface area (Å²) >= 11 is 1.83. The van der Waals surface area contributed by atoms with Gasteiger partial charge in [0.2, 0.25) is 0 Å². The molecule has 1 aromatic heterocycles. The summed E-state index contributed by atoms with van der Waals surface area (Å²) in [6.45, 7) is 2.04. The smallest absolute Gasteiger partial charge is 0.150 e. The van der Waals surface area contributed by atoms with E-state index in [4.69, 9.17) is 5.73 Å². The number of rotatable bonds is 5. The van der Waals surface area contributed by atoms with E-state index in [1.165, 1.54) is 25.7 Å². The Balaban J connectivity index is 2.16. The molecule has 0 spiro atoms. The van der Waals surface area contributed by atoms with Crippen molar-refractivity contribution in [2.75, 3.05) is 12.0 Å². The van der Waals surface area contributed by atoms with E-state index in [2.05, 4.69) is 21.0 Å². The number of hydrogen-bond acceptors (Lipinski definition) is 4. The average Bonchev–Trinajstić information content (AvgIpc) is 2.94. The summed E-state index contributed by atoms with van der Waals surface area (Å²) in [5, 5.41) is 8.51. The van der Waals surface area contributed by atoms with Crippen LogP contribution in [-0.4, -0.2) is 26.8 Å². The number of aryl methyl sites for hydroxylation is 1. The Morgan fingerprint density at radius 3 is 2.76 bits per heavy atom. The van der Waals surface area contributed by atoms with Gasteiger partial charge in [0, 0.05) is 6.04 Å². The molecule has 0 aromatic carbocycles. The van der Waals surface area contributed by atoms with Crippen LogP contribution in [0.1, 0.15) is 55.8 Å². The summed E-state index contributed by atoms with van der Waals surface area (Å²) in [7, 11) is 0. The van der Waals surface area contributed by atoms with E-state index in [0.29, 0.717) is 6.04 Å². The van der Waals surface area contributed by atoms with Crippen molar-refractivity contribution in [3.63, 3.8) is 0 Å². The molecule has 0 unspecified atom stereocenters. The van der Waals surface area contributed by atoms with E-state index < -0.39 is 0 Å². The maximum Gasteiger partial charge on any atom is 0.150 e. The van der Waals surface area contributed by atoms with Gasteiger partial charge in [-0.05, 0) is 38.2 Å². The minimum atomic E-state index is 0.0317. The first-order valence-electron chi connectivity index (χ1n) is 6.40. The number of hydrogen-bond donors (Lipinski definition) is 1. The molecular formula is C12H22N4S. The second-order valence-electron chi connectivity index (χ2n) is 4.80. The summed E-state index contributed by atoms with van der Waals surface area (Å²) in [6.07, 6.45) is 8.23. The first-order valence-corrected chi connectivity index (χ1v) is 7.79. The molecule has 2 rings (SSSR count). The number of nitrogens with zero attached hydrogens (tertiary/aromatic N) is 3. The van der Waals surface area contributed by atoms with Crippen LogP contribution >= 0.6 is 11.8 Å². The highest BCUT2D eigenvalue weighted by atomic mass is 32.2. The molecule has 0 bridgehead atoms. The Kier molecular flexibility index (Phi) is 4.45. The lowest BCUT2D eigenvalue weighted by atomic mass is 10.2. The van der Waals surface area contributed by atoms with E-state index in [1.807, 2.05) is 18.7 Å². The molecule has 1 aromatic rings. The maximum atomic E-state index is 6.23. The molecule has 0 radical (unpaired) electrons. The van der Waals surface area contributed by atoms with Crippen LogP contribution in [0.2, 0.25) is 0 Å². The van der Waals surface area contributed by atoms with Crippen LogP contribution in [0.3, 0.4) is 0 Å². The highest BCUT2D eigenvalue weighted by molar-refractivity contribution is 7.98. The molecule has 4 nitrogen and oxygen atoms in total. The van der Waals surface area contributed by atoms with Gasteiger partial charge >= 0.3 is 0 Å². The zero-order valence-electron chi connectivity index (χ0n) is 10.7. The second kappa shape index (κ2) is 5.87. The van der Waals surface area contributed by atoms with Gasteiger partial charge in [-0.2, -0.15) is 11.8 Å². The third-order valence-electron chi connectivity index (χ3n) is 3.55. The van der Waals surface area contributed by atoms with E-state index in [-0.39, 0.29) is 6.04 Å². The molecule has 96 valence electrons. The van der Waals surface area contributed by atoms with Crippen molar-refractivity contribution in [1.82, 2.24) is 14.8 Å². The van der Waals surface area contributed by atoms with Gasteiger partial charge in [0.05, 0.1) is 6.04 Å². The van der Waals surface area contributed by atoms with Crippen molar-refractivity contribution in [1.29, 1.82) is 0 Å². The molecule has 1 heterocycles. The molecular weight excluding hydrogens is 232 g/mol. The zero-order valence-corrected chi connectivity index (χ0v) is 11.5. The Hall–Kier alpha value is -0.550. The molecule has 1 saturated carbocycles. The van der Waals surface area contributed by atoms with Gasteiger partial charge in [-0.15, -0.1) is 10.2 Å². The maximum absolute atomic E-state index is 6.23. The van der Waals surface area contributed by atoms with Crippen molar-refractivity contribution in [2.24, 2.45) is 5.73 Å². The molecule has 1 aliphatic carbocycles. The summed E-state index contributed by atoms with van der Waals surface area (Å²) in [5.41, 5.74) is 6.23. The van der Waals surface area contributed by atoms with Gasteiger partial charge in [0.1, 0.15) is 11.6 Å². The van der Waals surface area contributed by atoms with Gasteiger partial charge in [0.15, 0.2) is 0 Å². The third-order valence-corrected chi connectivity index (χ3v) is 4.19. The lowest BCUT2D eigenvalue weighted by Crippen LogP contribution is -2.20. The lowest BCUT2D eigenvalue weighted by Gasteiger charge is -2.19. The lowest BCUT2D eigenvalue weighted by molar-refractivity contribution is 0.464. The minimum absolute atomic E-state index is 0.0317. The molecule has 1 atom stereocenters. The first-order chi connectivity index (χ1) is 8.24. The van der Waals surface area contributed by atoms with Gasteiger partial charge in [0.25, 0.3) is 0 Å². The van der Waals surface area contributed by atoms with Crippen molar-refractivity contribution in [3.05, 3.63) is 11.6 Å². The standard InChI is InChI=1S/C12H22N4S/c1-9-14-15-12(11(13)7-8-17-2)16(9)10-5-3-4-6-10/h10-11H,3-8,13H2,1-2H3/t11-/m0/s1. The van der Waals surface area contributed by atoms with Crippen LogP contribution in [0.4, 0.5) is 0 Å². The molecule has 0 aliphatic heterocycles. The fraction of sp³-hybridized carbons (Fsp3) is 0.833. The quantitative estimate of drug-likeness (QED) is 0.877. The monoisotopic (exact) mass is 254 g/mol. The summed E-state index contributed by atoms with van der Waals surface area (Å²) in [4.78, 5) is 0. The Morgan fingerprint density at radius 1 is 1.41 bits per heavy atom. The van der Waals surface area contributed by atoms with Crippen LogP contribution in [0, 0.1) is 6.92 Å². The third kappa shape index (κ3) is 2.83. The number of thioether (sulfide) groups is 1. The molecule has 1 fully saturated rings. The molecule has 2 N–H and O–H groups in total. The SMILES string of the molecule is CSCC[C@H](N)c1nnc(C)n1C1CCCC1. The van der Waals surface area contributed by atoms with Gasteiger partial charge in [-0.25, -0.2) is 0 Å². The zero-order chi connectivity index (χ0) is 12.3. The summed E-state index contributed by atoms with van der Waals surface area (Å²) in [6, 6.07) is 0.615. The Labute approximate surface area is 107 Å². The summed E-state index contributed by atoms with van der Waals surface area (Å²) < 4.78 is 2.29. The predicted octanol–water partition coefficient (Wildman–Crippen LogP) is 2.45. The number of nitrogens with two attached hydrogens (primary N) is 1. The highest BCUT2D eigenvalue weighted by Crippen LogP contribution is 2.32. The molecule has 0 saturated heterocycles. The van der Waals surface area contributed by atoms with Crippen LogP contribution < -0.4 is 5.73 Å². The van der Waals surface area contributed by atoms with Gasteiger partial charge in [-0.3, -0.25) is 0 Å². The van der Waals surface area contributed by atoms with E-state index in [1.54, 1.807) is 0 Å². The Morgan fingerprint density at radius 2 is 2.12 bits per heavy atom. The highest BCUT2D eigenvalue weighted by Gasteiger charge is 2.24. The fourth-order valence-electron chi connectivity index (χ4n) is 2.63. The van der Waals surface area contributed by atoms with Crippen molar-refractivity contribution >= 4 is 11.8 Å². The van der Waals surface area contributed by atoms with E-state index in [0.717, 1.165) is 23.8 Å². The average molecular weight is 254 g/mol. The van der Waals surface area contributed by atoms with E-state index in [9.17, 15) is 0 Å². The summed E-state index contributed by atoms with van der Waals surface area (Å²) in [5.74, 6) is 3.09. The number of aromatic nitrogens is 3. The van der Waals surface area contributed by atoms with Crippen LogP contribution in [-0.2, 0) is 0 Å². The van der Waals surface area contributed by atoms with Gasteiger partial charge in [-0.1, -0.05) is 12.8 Å². The molecule has 1 aliphatic rings. The van der Waals surface area contributed by atoms with Crippen LogP contribution in [0.5, 0.6) is 0 Å². The molecule has 17 heavy (non-hydrogen) atoms. The topological polar surface area (TPSA) is 56.7 Å². The Bertz CT molecular complexity index is 357. The van der Waals surface area contributed by atoms with Crippen molar-refractivity contribution in [3.8, 4) is 0 Å². The van der Waals surface area contributed by atoms with Crippen molar-refractivity contribution < 1.29 is 0 Å². The van der Waals surface area contributed by atoms with Gasteiger partial charge < -0.3 is 10.3 Å². The van der Waals surface area contributed by atoms with E-state index >= 15 is 0 Å². The molecule has 0 amide bonds. The van der Waals surface area contributed by atoms with Crippen molar-refractivity contribution in [2.45, 2.75) is 51.1 Å². The normalized spacial score (nSPS) is 18.8. The largest absolute Gasteiger partial charge is 0.321 e. The second-order valence-corrected chi connectivity index (χ2v) is 5.79. The van der Waals surface area contributed by atoms with Crippen LogP contribution in [0.15, 0.2) is 0 Å². The molecule has 5 heteroatoms. The minimum Gasteiger partial charge on any atom is -0.321 e. The van der Waals surface area contributed by atoms with Crippen LogP contribution in [0.25, 0.3) is 0 Å². The fourth-order valence-corrected chi connectivity index (χ4v) is 3.12. The predicted molar refractivity (Wildman–Crippen MR) is 72.2 cm³/mol. The first kappa shape index (κ1) is 12.9.